The molecule has 0 fully saturated rings. The van der Waals surface area contributed by atoms with E-state index >= 15 is 0 Å². The van der Waals surface area contributed by atoms with Crippen molar-refractivity contribution in [3.8, 4) is 22.3 Å². The smallest absolute Gasteiger partial charge is 0.159 e. The third-order valence-corrected chi connectivity index (χ3v) is 4.61. The molecule has 0 aliphatic heterocycles. The lowest BCUT2D eigenvalue weighted by Crippen LogP contribution is -1.87. The third kappa shape index (κ3) is 2.35. The van der Waals surface area contributed by atoms with Crippen LogP contribution in [0.1, 0.15) is 23.6 Å². The summed E-state index contributed by atoms with van der Waals surface area (Å²) in [6.07, 6.45) is 1.93. The van der Waals surface area contributed by atoms with Gasteiger partial charge >= 0.3 is 0 Å². The maximum Gasteiger partial charge on any atom is 0.159 e. The highest BCUT2D eigenvalue weighted by atomic mass is 19.2. The molecule has 1 aliphatic rings. The van der Waals surface area contributed by atoms with Crippen molar-refractivity contribution in [2.45, 2.75) is 19.8 Å². The second kappa shape index (κ2) is 5.31. The van der Waals surface area contributed by atoms with Crippen LogP contribution in [0.4, 0.5) is 8.78 Å². The van der Waals surface area contributed by atoms with Crippen molar-refractivity contribution in [1.82, 2.24) is 0 Å². The van der Waals surface area contributed by atoms with Crippen LogP contribution in [0.2, 0.25) is 0 Å². The van der Waals surface area contributed by atoms with Gasteiger partial charge in [0.15, 0.2) is 11.6 Å². The van der Waals surface area contributed by atoms with Gasteiger partial charge in [0.2, 0.25) is 0 Å². The van der Waals surface area contributed by atoms with Crippen LogP contribution < -0.4 is 0 Å². The molecule has 0 radical (unpaired) electrons. The highest BCUT2D eigenvalue weighted by molar-refractivity contribution is 5.80. The Labute approximate surface area is 134 Å². The predicted octanol–water partition coefficient (Wildman–Crippen LogP) is 5.77. The maximum atomic E-state index is 13.5. The largest absolute Gasteiger partial charge is 0.204 e. The van der Waals surface area contributed by atoms with Crippen LogP contribution in [0, 0.1) is 11.6 Å². The molecule has 0 spiro atoms. The van der Waals surface area contributed by atoms with Crippen LogP contribution in [0.15, 0.2) is 54.6 Å². The first-order valence-electron chi connectivity index (χ1n) is 7.86. The summed E-state index contributed by atoms with van der Waals surface area (Å²) >= 11 is 0. The zero-order valence-electron chi connectivity index (χ0n) is 12.9. The molecule has 23 heavy (non-hydrogen) atoms. The number of hydrogen-bond donors (Lipinski definition) is 0. The average Bonchev–Trinajstić information content (AvgIpc) is 2.93. The van der Waals surface area contributed by atoms with Crippen molar-refractivity contribution in [3.05, 3.63) is 82.9 Å². The Kier molecular flexibility index (Phi) is 3.26. The summed E-state index contributed by atoms with van der Waals surface area (Å²) in [7, 11) is 0. The van der Waals surface area contributed by atoms with E-state index in [2.05, 4.69) is 37.3 Å². The number of aryl methyl sites for hydroxylation is 1. The molecule has 2 heteroatoms. The second-order valence-electron chi connectivity index (χ2n) is 6.02. The summed E-state index contributed by atoms with van der Waals surface area (Å²) in [5, 5.41) is 0. The maximum absolute atomic E-state index is 13.5. The molecule has 0 N–H and O–H groups in total. The lowest BCUT2D eigenvalue weighted by Gasteiger charge is -2.06. The Bertz CT molecular complexity index is 910. The molecule has 0 atom stereocenters. The minimum Gasteiger partial charge on any atom is -0.204 e. The van der Waals surface area contributed by atoms with E-state index in [1.165, 1.54) is 39.9 Å². The summed E-state index contributed by atoms with van der Waals surface area (Å²) in [4.78, 5) is 0. The van der Waals surface area contributed by atoms with E-state index < -0.39 is 11.6 Å². The van der Waals surface area contributed by atoms with E-state index in [0.717, 1.165) is 18.4 Å². The van der Waals surface area contributed by atoms with Crippen LogP contribution in [0.25, 0.3) is 22.3 Å². The Morgan fingerprint density at radius 1 is 0.739 bits per heavy atom. The SMILES string of the molecule is CCc1ccc2c(c1)Cc1cc(-c3ccc(F)c(F)c3)ccc1-2. The average molecular weight is 306 g/mol. The van der Waals surface area contributed by atoms with Gasteiger partial charge in [-0.15, -0.1) is 0 Å². The number of halogens is 2. The van der Waals surface area contributed by atoms with Gasteiger partial charge in [-0.2, -0.15) is 0 Å². The molecule has 3 aromatic carbocycles. The molecular formula is C21H16F2. The van der Waals surface area contributed by atoms with E-state index in [1.54, 1.807) is 6.07 Å². The standard InChI is InChI=1S/C21H16F2/c1-2-13-3-6-18-16(9-13)11-17-10-14(4-7-19(17)18)15-5-8-20(22)21(23)12-15/h3-10,12H,2,11H2,1H3. The van der Waals surface area contributed by atoms with Crippen molar-refractivity contribution in [1.29, 1.82) is 0 Å². The summed E-state index contributed by atoms with van der Waals surface area (Å²) < 4.78 is 26.6. The van der Waals surface area contributed by atoms with Gasteiger partial charge in [0.25, 0.3) is 0 Å². The zero-order chi connectivity index (χ0) is 16.0. The minimum atomic E-state index is -0.811. The van der Waals surface area contributed by atoms with Crippen LogP contribution in [0.5, 0.6) is 0 Å². The molecule has 0 saturated carbocycles. The first kappa shape index (κ1) is 14.1. The zero-order valence-corrected chi connectivity index (χ0v) is 12.9. The molecule has 0 unspecified atom stereocenters. The van der Waals surface area contributed by atoms with Crippen molar-refractivity contribution < 1.29 is 8.78 Å². The van der Waals surface area contributed by atoms with Crippen LogP contribution in [-0.4, -0.2) is 0 Å². The second-order valence-corrected chi connectivity index (χ2v) is 6.02. The predicted molar refractivity (Wildman–Crippen MR) is 89.4 cm³/mol. The first-order valence-corrected chi connectivity index (χ1v) is 7.86. The topological polar surface area (TPSA) is 0 Å². The van der Waals surface area contributed by atoms with Gasteiger partial charge < -0.3 is 0 Å². The molecule has 0 amide bonds. The summed E-state index contributed by atoms with van der Waals surface area (Å²) in [5.74, 6) is -1.62. The third-order valence-electron chi connectivity index (χ3n) is 4.61. The molecule has 0 bridgehead atoms. The van der Waals surface area contributed by atoms with Crippen molar-refractivity contribution in [2.24, 2.45) is 0 Å². The van der Waals surface area contributed by atoms with Crippen LogP contribution >= 0.6 is 0 Å². The quantitative estimate of drug-likeness (QED) is 0.441. The van der Waals surface area contributed by atoms with Gasteiger partial charge in [0.1, 0.15) is 0 Å². The van der Waals surface area contributed by atoms with Gasteiger partial charge in [-0.1, -0.05) is 49.4 Å². The number of hydrogen-bond acceptors (Lipinski definition) is 0. The normalized spacial score (nSPS) is 12.1. The Hall–Kier alpha value is -2.48. The highest BCUT2D eigenvalue weighted by Gasteiger charge is 2.19. The van der Waals surface area contributed by atoms with Crippen LogP contribution in [0.3, 0.4) is 0 Å². The fraction of sp³-hybridized carbons (Fsp3) is 0.143. The van der Waals surface area contributed by atoms with E-state index in [-0.39, 0.29) is 0 Å². The lowest BCUT2D eigenvalue weighted by atomic mass is 9.99. The Morgan fingerprint density at radius 3 is 2.13 bits per heavy atom. The van der Waals surface area contributed by atoms with Crippen molar-refractivity contribution >= 4 is 0 Å². The Morgan fingerprint density at radius 2 is 1.39 bits per heavy atom. The molecule has 3 aromatic rings. The molecule has 0 aromatic heterocycles. The van der Waals surface area contributed by atoms with Crippen molar-refractivity contribution in [2.75, 3.05) is 0 Å². The number of rotatable bonds is 2. The molecule has 0 saturated heterocycles. The molecule has 0 heterocycles. The fourth-order valence-electron chi connectivity index (χ4n) is 3.34. The highest BCUT2D eigenvalue weighted by Crippen LogP contribution is 2.39. The minimum absolute atomic E-state index is 0.705. The number of benzene rings is 3. The summed E-state index contributed by atoms with van der Waals surface area (Å²) in [6, 6.07) is 16.9. The van der Waals surface area contributed by atoms with Gasteiger partial charge in [0, 0.05) is 0 Å². The van der Waals surface area contributed by atoms with Crippen LogP contribution in [-0.2, 0) is 12.8 Å². The van der Waals surface area contributed by atoms with Gasteiger partial charge in [-0.25, -0.2) is 8.78 Å². The number of fused-ring (bicyclic) bond motifs is 3. The first-order chi connectivity index (χ1) is 11.2. The van der Waals surface area contributed by atoms with Crippen molar-refractivity contribution in [3.63, 3.8) is 0 Å². The molecule has 0 nitrogen and oxygen atoms in total. The van der Waals surface area contributed by atoms with Gasteiger partial charge in [0.05, 0.1) is 0 Å². The van der Waals surface area contributed by atoms with Gasteiger partial charge in [-0.3, -0.25) is 0 Å². The summed E-state index contributed by atoms with van der Waals surface area (Å²) in [5.41, 5.74) is 8.10. The molecule has 4 rings (SSSR count). The van der Waals surface area contributed by atoms with E-state index in [1.807, 2.05) is 6.07 Å². The molecule has 114 valence electrons. The monoisotopic (exact) mass is 306 g/mol. The molecule has 1 aliphatic carbocycles. The van der Waals surface area contributed by atoms with E-state index in [0.29, 0.717) is 5.56 Å². The van der Waals surface area contributed by atoms with Gasteiger partial charge in [-0.05, 0) is 63.9 Å². The van der Waals surface area contributed by atoms with E-state index in [9.17, 15) is 8.78 Å². The lowest BCUT2D eigenvalue weighted by molar-refractivity contribution is 0.509. The fourth-order valence-corrected chi connectivity index (χ4v) is 3.34. The van der Waals surface area contributed by atoms with E-state index in [4.69, 9.17) is 0 Å². The summed E-state index contributed by atoms with van der Waals surface area (Å²) in [6.45, 7) is 2.16. The molecular weight excluding hydrogens is 290 g/mol. The Balaban J connectivity index is 1.76.